The average Bonchev–Trinajstić information content (AvgIpc) is 3.39. The van der Waals surface area contributed by atoms with E-state index in [1.807, 2.05) is 12.1 Å². The smallest absolute Gasteiger partial charge is 0.351 e. The second kappa shape index (κ2) is 10.7. The van der Waals surface area contributed by atoms with E-state index in [0.29, 0.717) is 35.1 Å². The fraction of sp³-hybridized carbons (Fsp3) is 0.321. The number of nitrogens with zero attached hydrogens (tertiary/aromatic N) is 2. The molecular formula is C28H33FN7O2+. The fourth-order valence-electron chi connectivity index (χ4n) is 5.04. The van der Waals surface area contributed by atoms with Crippen molar-refractivity contribution in [3.8, 4) is 5.75 Å². The van der Waals surface area contributed by atoms with E-state index in [2.05, 4.69) is 51.5 Å². The Morgan fingerprint density at radius 2 is 1.92 bits per heavy atom. The van der Waals surface area contributed by atoms with E-state index in [0.717, 1.165) is 48.8 Å². The molecule has 6 N–H and O–H groups in total. The highest BCUT2D eigenvalue weighted by Crippen LogP contribution is 2.35. The molecule has 9 nitrogen and oxygen atoms in total. The molecule has 38 heavy (non-hydrogen) atoms. The number of hydrogen-bond acceptors (Lipinski definition) is 6. The van der Waals surface area contributed by atoms with Crippen LogP contribution in [0, 0.1) is 5.82 Å². The molecule has 1 saturated heterocycles. The van der Waals surface area contributed by atoms with E-state index >= 15 is 0 Å². The van der Waals surface area contributed by atoms with Gasteiger partial charge in [0.15, 0.2) is 5.75 Å². The van der Waals surface area contributed by atoms with Crippen LogP contribution in [0.3, 0.4) is 0 Å². The number of anilines is 4. The summed E-state index contributed by atoms with van der Waals surface area (Å²) in [6.07, 6.45) is 4.02. The third-order valence-electron chi connectivity index (χ3n) is 7.18. The number of hydrogen-bond donors (Lipinski definition) is 4. The first kappa shape index (κ1) is 25.5. The Morgan fingerprint density at radius 1 is 1.16 bits per heavy atom. The first-order valence-electron chi connectivity index (χ1n) is 12.8. The monoisotopic (exact) mass is 518 g/mol. The van der Waals surface area contributed by atoms with Crippen LogP contribution in [0.5, 0.6) is 5.75 Å². The van der Waals surface area contributed by atoms with Crippen LogP contribution >= 0.6 is 0 Å². The van der Waals surface area contributed by atoms with Crippen LogP contribution in [0.15, 0.2) is 48.7 Å². The minimum Gasteiger partial charge on any atom is -0.493 e. The van der Waals surface area contributed by atoms with Crippen molar-refractivity contribution in [1.29, 1.82) is 0 Å². The van der Waals surface area contributed by atoms with Gasteiger partial charge in [-0.05, 0) is 87.7 Å². The minimum absolute atomic E-state index is 0.0364. The van der Waals surface area contributed by atoms with Crippen molar-refractivity contribution in [1.82, 2.24) is 14.9 Å². The van der Waals surface area contributed by atoms with Crippen molar-refractivity contribution in [2.45, 2.75) is 38.6 Å². The van der Waals surface area contributed by atoms with Crippen molar-refractivity contribution in [3.63, 3.8) is 0 Å². The topological polar surface area (TPSA) is 122 Å². The molecule has 3 heterocycles. The van der Waals surface area contributed by atoms with E-state index in [4.69, 9.17) is 15.5 Å². The quantitative estimate of drug-likeness (QED) is 0.268. The summed E-state index contributed by atoms with van der Waals surface area (Å²) in [6.45, 7) is 6.69. The van der Waals surface area contributed by atoms with Gasteiger partial charge < -0.3 is 20.7 Å². The maximum absolute atomic E-state index is 13.7. The van der Waals surface area contributed by atoms with Crippen LogP contribution < -0.4 is 26.1 Å². The SMILES string of the molecule is COc1cc(C2CCN(C(C)C)CC2)ccc1Nc1nc(Nc2ccc(F)cc2C(N)=O)c2cc[nH]c2[nH+]1. The molecule has 1 fully saturated rings. The van der Waals surface area contributed by atoms with Gasteiger partial charge in [-0.25, -0.2) is 9.37 Å². The lowest BCUT2D eigenvalue weighted by Crippen LogP contribution is -2.37. The Hall–Kier alpha value is -4.18. The van der Waals surface area contributed by atoms with Gasteiger partial charge in [0.2, 0.25) is 11.5 Å². The number of H-pyrrole nitrogens is 2. The summed E-state index contributed by atoms with van der Waals surface area (Å²) in [6, 6.07) is 12.5. The molecule has 5 rings (SSSR count). The number of nitrogens with two attached hydrogens (primary N) is 1. The van der Waals surface area contributed by atoms with Crippen molar-refractivity contribution in [3.05, 3.63) is 65.6 Å². The largest absolute Gasteiger partial charge is 0.493 e. The molecule has 0 bridgehead atoms. The van der Waals surface area contributed by atoms with E-state index in [1.165, 1.54) is 17.7 Å². The lowest BCUT2D eigenvalue weighted by atomic mass is 9.88. The second-order valence-corrected chi connectivity index (χ2v) is 9.87. The predicted molar refractivity (Wildman–Crippen MR) is 146 cm³/mol. The highest BCUT2D eigenvalue weighted by atomic mass is 19.1. The molecule has 0 radical (unpaired) electrons. The zero-order chi connectivity index (χ0) is 26.8. The van der Waals surface area contributed by atoms with Crippen LogP contribution in [0.25, 0.3) is 11.0 Å². The summed E-state index contributed by atoms with van der Waals surface area (Å²) in [5.74, 6) is 0.843. The molecule has 0 saturated carbocycles. The van der Waals surface area contributed by atoms with Gasteiger partial charge in [0.1, 0.15) is 11.5 Å². The highest BCUT2D eigenvalue weighted by molar-refractivity contribution is 6.00. The van der Waals surface area contributed by atoms with Gasteiger partial charge in [0.05, 0.1) is 23.7 Å². The zero-order valence-electron chi connectivity index (χ0n) is 21.8. The number of nitrogens with one attached hydrogen (secondary N) is 4. The van der Waals surface area contributed by atoms with Crippen LogP contribution in [0.4, 0.5) is 27.5 Å². The number of rotatable bonds is 8. The van der Waals surface area contributed by atoms with Crippen LogP contribution in [0.2, 0.25) is 0 Å². The highest BCUT2D eigenvalue weighted by Gasteiger charge is 2.24. The number of aromatic amines is 2. The van der Waals surface area contributed by atoms with Gasteiger partial charge >= 0.3 is 5.95 Å². The number of fused-ring (bicyclic) bond motifs is 1. The average molecular weight is 519 g/mol. The number of benzene rings is 2. The number of aromatic nitrogens is 3. The molecule has 1 aliphatic rings. The van der Waals surface area contributed by atoms with Crippen molar-refractivity contribution >= 4 is 40.1 Å². The predicted octanol–water partition coefficient (Wildman–Crippen LogP) is 4.70. The molecular weight excluding hydrogens is 485 g/mol. The molecule has 1 amide bonds. The van der Waals surface area contributed by atoms with Crippen molar-refractivity contribution in [2.24, 2.45) is 5.73 Å². The number of piperidine rings is 1. The van der Waals surface area contributed by atoms with Crippen LogP contribution in [-0.4, -0.2) is 47.0 Å². The molecule has 4 aromatic rings. The molecule has 0 atom stereocenters. The Kier molecular flexibility index (Phi) is 7.15. The van der Waals surface area contributed by atoms with E-state index in [9.17, 15) is 9.18 Å². The lowest BCUT2D eigenvalue weighted by Gasteiger charge is -2.34. The number of ether oxygens (including phenoxy) is 1. The van der Waals surface area contributed by atoms with Crippen LogP contribution in [-0.2, 0) is 0 Å². The minimum atomic E-state index is -0.738. The van der Waals surface area contributed by atoms with Gasteiger partial charge in [0, 0.05) is 12.2 Å². The maximum atomic E-state index is 13.7. The number of primary amides is 1. The molecule has 1 aliphatic heterocycles. The standard InChI is InChI=1S/C28H32FN7O2/c1-16(2)36-12-9-17(10-13-36)18-4-6-23(24(14-18)38-3)33-28-34-26-20(8-11-31-26)27(35-28)32-22-7-5-19(29)15-21(22)25(30)37/h4-8,11,14-17H,9-10,12-13H2,1-3H3,(H2,30,37)(H3,31,32,33,34,35)/p+1. The number of carbonyl (C=O) groups excluding carboxylic acids is 1. The zero-order valence-corrected chi connectivity index (χ0v) is 21.8. The number of carbonyl (C=O) groups is 1. The summed E-state index contributed by atoms with van der Waals surface area (Å²) in [7, 11) is 1.66. The summed E-state index contributed by atoms with van der Waals surface area (Å²) < 4.78 is 19.5. The van der Waals surface area contributed by atoms with Gasteiger partial charge in [-0.2, -0.15) is 0 Å². The third kappa shape index (κ3) is 5.26. The van der Waals surface area contributed by atoms with Crippen molar-refractivity contribution < 1.29 is 18.9 Å². The Balaban J connectivity index is 1.41. The Morgan fingerprint density at radius 3 is 2.63 bits per heavy atom. The normalized spacial score (nSPS) is 14.7. The molecule has 0 spiro atoms. The maximum Gasteiger partial charge on any atom is 0.351 e. The van der Waals surface area contributed by atoms with E-state index in [1.54, 1.807) is 13.3 Å². The molecule has 2 aromatic carbocycles. The first-order valence-corrected chi connectivity index (χ1v) is 12.8. The van der Waals surface area contributed by atoms with Gasteiger partial charge in [-0.15, -0.1) is 0 Å². The number of halogens is 1. The number of amides is 1. The van der Waals surface area contributed by atoms with Gasteiger partial charge in [-0.1, -0.05) is 11.1 Å². The van der Waals surface area contributed by atoms with Gasteiger partial charge in [0.25, 0.3) is 5.91 Å². The number of methoxy groups -OCH3 is 1. The molecule has 198 valence electrons. The van der Waals surface area contributed by atoms with Crippen LogP contribution in [0.1, 0.15) is 48.5 Å². The van der Waals surface area contributed by atoms with Crippen molar-refractivity contribution in [2.75, 3.05) is 30.8 Å². The molecule has 0 unspecified atom stereocenters. The molecule has 0 aliphatic carbocycles. The Labute approximate surface area is 220 Å². The van der Waals surface area contributed by atoms with E-state index in [-0.39, 0.29) is 5.56 Å². The molecule has 2 aromatic heterocycles. The Bertz CT molecular complexity index is 1460. The third-order valence-corrected chi connectivity index (χ3v) is 7.18. The van der Waals surface area contributed by atoms with Gasteiger partial charge in [-0.3, -0.25) is 15.1 Å². The lowest BCUT2D eigenvalue weighted by molar-refractivity contribution is -0.333. The van der Waals surface area contributed by atoms with E-state index < -0.39 is 11.7 Å². The summed E-state index contributed by atoms with van der Waals surface area (Å²) in [4.78, 5) is 25.5. The fourth-order valence-corrected chi connectivity index (χ4v) is 5.04. The second-order valence-electron chi connectivity index (χ2n) is 9.87. The first-order chi connectivity index (χ1) is 18.3. The summed E-state index contributed by atoms with van der Waals surface area (Å²) >= 11 is 0. The number of likely N-dealkylation sites (tertiary alicyclic amines) is 1. The summed E-state index contributed by atoms with van der Waals surface area (Å²) in [5.41, 5.74) is 8.60. The summed E-state index contributed by atoms with van der Waals surface area (Å²) in [5, 5.41) is 7.21. The molecule has 10 heteroatoms.